The molecule has 1 N–H and O–H groups in total. The molecule has 1 aromatic heterocycles. The third-order valence-electron chi connectivity index (χ3n) is 6.43. The summed E-state index contributed by atoms with van der Waals surface area (Å²) in [6, 6.07) is 14.5. The van der Waals surface area contributed by atoms with Gasteiger partial charge in [-0.1, -0.05) is 29.5 Å². The predicted molar refractivity (Wildman–Crippen MR) is 120 cm³/mol. The number of fused-ring (bicyclic) bond motifs is 3. The summed E-state index contributed by atoms with van der Waals surface area (Å²) in [6.07, 6.45) is 5.58. The third-order valence-corrected chi connectivity index (χ3v) is 7.38. The standard InChI is InChI=1S/C24H26FN3O2S/c1-15(29)26-17-13-18-7-8-19(14-17)28(18)12-11-16-5-9-20(10-6-16)30-24-27-22-4-2-3-21(25)23(22)31-24/h2-6,9-10,17-19H,7-8,11-14H2,1H3,(H,26,29)/t17-,18-,19+. The Balaban J connectivity index is 1.17. The molecule has 2 aromatic carbocycles. The van der Waals surface area contributed by atoms with Gasteiger partial charge in [0.2, 0.25) is 5.91 Å². The normalized spacial score (nSPS) is 23.2. The first-order chi connectivity index (χ1) is 15.0. The van der Waals surface area contributed by atoms with Crippen molar-refractivity contribution in [3.63, 3.8) is 0 Å². The van der Waals surface area contributed by atoms with E-state index in [2.05, 4.69) is 27.3 Å². The number of ether oxygens (including phenoxy) is 1. The quantitative estimate of drug-likeness (QED) is 0.593. The van der Waals surface area contributed by atoms with E-state index in [-0.39, 0.29) is 11.7 Å². The number of carbonyl (C=O) groups is 1. The maximum absolute atomic E-state index is 13.9. The molecule has 3 heterocycles. The van der Waals surface area contributed by atoms with Crippen LogP contribution in [0.5, 0.6) is 10.9 Å². The van der Waals surface area contributed by atoms with Gasteiger partial charge >= 0.3 is 0 Å². The monoisotopic (exact) mass is 439 g/mol. The fourth-order valence-corrected chi connectivity index (χ4v) is 5.91. The molecule has 2 saturated heterocycles. The molecular weight excluding hydrogens is 413 g/mol. The van der Waals surface area contributed by atoms with Crippen molar-refractivity contribution in [2.75, 3.05) is 6.54 Å². The molecule has 7 heteroatoms. The molecule has 2 bridgehead atoms. The van der Waals surface area contributed by atoms with Gasteiger partial charge in [-0.2, -0.15) is 0 Å². The third kappa shape index (κ3) is 4.43. The summed E-state index contributed by atoms with van der Waals surface area (Å²) in [6.45, 7) is 2.65. The van der Waals surface area contributed by atoms with Crippen molar-refractivity contribution in [2.24, 2.45) is 0 Å². The fraction of sp³-hybridized carbons (Fsp3) is 0.417. The second-order valence-corrected chi connectivity index (χ2v) is 9.52. The van der Waals surface area contributed by atoms with Crippen LogP contribution in [0.15, 0.2) is 42.5 Å². The molecule has 2 aliphatic rings. The minimum atomic E-state index is -0.268. The highest BCUT2D eigenvalue weighted by atomic mass is 32.1. The topological polar surface area (TPSA) is 54.5 Å². The summed E-state index contributed by atoms with van der Waals surface area (Å²) in [5.74, 6) is 0.519. The first-order valence-corrected chi connectivity index (χ1v) is 11.7. The molecule has 2 fully saturated rings. The number of hydrogen-bond acceptors (Lipinski definition) is 5. The molecule has 0 radical (unpaired) electrons. The van der Waals surface area contributed by atoms with Gasteiger partial charge in [0, 0.05) is 31.6 Å². The Labute approximate surface area is 185 Å². The van der Waals surface area contributed by atoms with E-state index >= 15 is 0 Å². The van der Waals surface area contributed by atoms with Crippen molar-refractivity contribution in [1.82, 2.24) is 15.2 Å². The molecule has 5 nitrogen and oxygen atoms in total. The summed E-state index contributed by atoms with van der Waals surface area (Å²) < 4.78 is 20.2. The lowest BCUT2D eigenvalue weighted by atomic mass is 9.96. The molecule has 162 valence electrons. The highest BCUT2D eigenvalue weighted by Crippen LogP contribution is 2.36. The first-order valence-electron chi connectivity index (χ1n) is 10.9. The summed E-state index contributed by atoms with van der Waals surface area (Å²) in [4.78, 5) is 18.4. The molecule has 0 unspecified atom stereocenters. The van der Waals surface area contributed by atoms with E-state index in [1.807, 2.05) is 12.1 Å². The number of nitrogens with zero attached hydrogens (tertiary/aromatic N) is 2. The molecule has 5 rings (SSSR count). The van der Waals surface area contributed by atoms with E-state index < -0.39 is 0 Å². The van der Waals surface area contributed by atoms with Gasteiger partial charge in [0.15, 0.2) is 0 Å². The Kier molecular flexibility index (Phi) is 5.63. The van der Waals surface area contributed by atoms with E-state index in [1.54, 1.807) is 19.1 Å². The zero-order valence-corrected chi connectivity index (χ0v) is 18.3. The van der Waals surface area contributed by atoms with Gasteiger partial charge in [-0.25, -0.2) is 9.37 Å². The van der Waals surface area contributed by atoms with Crippen molar-refractivity contribution < 1.29 is 13.9 Å². The molecular formula is C24H26FN3O2S. The molecule has 0 aliphatic carbocycles. The minimum absolute atomic E-state index is 0.0798. The molecule has 0 saturated carbocycles. The molecule has 2 aliphatic heterocycles. The van der Waals surface area contributed by atoms with Gasteiger partial charge in [-0.3, -0.25) is 9.69 Å². The van der Waals surface area contributed by atoms with Crippen molar-refractivity contribution in [3.8, 4) is 10.9 Å². The predicted octanol–water partition coefficient (Wildman–Crippen LogP) is 4.90. The maximum Gasteiger partial charge on any atom is 0.279 e. The summed E-state index contributed by atoms with van der Waals surface area (Å²) >= 11 is 1.22. The second kappa shape index (κ2) is 8.55. The fourth-order valence-electron chi connectivity index (χ4n) is 5.07. The smallest absolute Gasteiger partial charge is 0.279 e. The van der Waals surface area contributed by atoms with Gasteiger partial charge in [0.1, 0.15) is 11.6 Å². The van der Waals surface area contributed by atoms with Crippen LogP contribution >= 0.6 is 11.3 Å². The number of hydrogen-bond donors (Lipinski definition) is 1. The number of benzene rings is 2. The van der Waals surface area contributed by atoms with Crippen LogP contribution < -0.4 is 10.1 Å². The largest absolute Gasteiger partial charge is 0.431 e. The molecule has 31 heavy (non-hydrogen) atoms. The van der Waals surface area contributed by atoms with Crippen LogP contribution in [0.4, 0.5) is 4.39 Å². The van der Waals surface area contributed by atoms with Gasteiger partial charge in [-0.05, 0) is 61.9 Å². The van der Waals surface area contributed by atoms with Crippen LogP contribution in [0.3, 0.4) is 0 Å². The van der Waals surface area contributed by atoms with Crippen LogP contribution in [-0.4, -0.2) is 40.5 Å². The lowest BCUT2D eigenvalue weighted by Crippen LogP contribution is -2.50. The zero-order chi connectivity index (χ0) is 21.4. The first kappa shape index (κ1) is 20.4. The van der Waals surface area contributed by atoms with Crippen LogP contribution in [-0.2, 0) is 11.2 Å². The molecule has 0 spiro atoms. The Morgan fingerprint density at radius 3 is 2.61 bits per heavy atom. The molecule has 3 atom stereocenters. The van der Waals surface area contributed by atoms with Crippen molar-refractivity contribution >= 4 is 27.5 Å². The number of piperidine rings is 1. The van der Waals surface area contributed by atoms with Gasteiger partial charge in [-0.15, -0.1) is 0 Å². The van der Waals surface area contributed by atoms with Crippen LogP contribution in [0, 0.1) is 5.82 Å². The number of thiazole rings is 1. The Morgan fingerprint density at radius 1 is 1.19 bits per heavy atom. The van der Waals surface area contributed by atoms with Crippen molar-refractivity contribution in [1.29, 1.82) is 0 Å². The lowest BCUT2D eigenvalue weighted by molar-refractivity contribution is -0.120. The van der Waals surface area contributed by atoms with Crippen LogP contribution in [0.25, 0.3) is 10.2 Å². The second-order valence-electron chi connectivity index (χ2n) is 8.56. The van der Waals surface area contributed by atoms with Crippen molar-refractivity contribution in [3.05, 3.63) is 53.8 Å². The number of rotatable bonds is 6. The number of nitrogens with one attached hydrogen (secondary N) is 1. The summed E-state index contributed by atoms with van der Waals surface area (Å²) in [5, 5.41) is 3.56. The lowest BCUT2D eigenvalue weighted by Gasteiger charge is -2.39. The minimum Gasteiger partial charge on any atom is -0.431 e. The van der Waals surface area contributed by atoms with E-state index in [1.165, 1.54) is 35.8 Å². The maximum atomic E-state index is 13.9. The highest BCUT2D eigenvalue weighted by molar-refractivity contribution is 7.20. The highest BCUT2D eigenvalue weighted by Gasteiger charge is 2.40. The van der Waals surface area contributed by atoms with Gasteiger partial charge < -0.3 is 10.1 Å². The average Bonchev–Trinajstić information content (AvgIpc) is 3.25. The van der Waals surface area contributed by atoms with Gasteiger partial charge in [0.05, 0.1) is 10.2 Å². The van der Waals surface area contributed by atoms with Crippen molar-refractivity contribution in [2.45, 2.75) is 57.2 Å². The van der Waals surface area contributed by atoms with E-state index in [0.717, 1.165) is 25.8 Å². The van der Waals surface area contributed by atoms with E-state index in [4.69, 9.17) is 4.74 Å². The van der Waals surface area contributed by atoms with E-state index in [9.17, 15) is 9.18 Å². The van der Waals surface area contributed by atoms with Crippen LogP contribution in [0.1, 0.15) is 38.2 Å². The summed E-state index contributed by atoms with van der Waals surface area (Å²) in [5.41, 5.74) is 1.89. The Morgan fingerprint density at radius 2 is 1.94 bits per heavy atom. The number of aromatic nitrogens is 1. The zero-order valence-electron chi connectivity index (χ0n) is 17.5. The van der Waals surface area contributed by atoms with Gasteiger partial charge in [0.25, 0.3) is 5.19 Å². The SMILES string of the molecule is CC(=O)N[C@@H]1C[C@H]2CC[C@@H](C1)N2CCc1ccc(Oc2nc3cccc(F)c3s2)cc1. The molecule has 3 aromatic rings. The molecule has 1 amide bonds. The Hall–Kier alpha value is -2.51. The number of halogens is 1. The average molecular weight is 440 g/mol. The Bertz CT molecular complexity index is 1070. The number of amides is 1. The number of carbonyl (C=O) groups excluding carboxylic acids is 1. The van der Waals surface area contributed by atoms with E-state index in [0.29, 0.717) is 39.3 Å². The van der Waals surface area contributed by atoms with Crippen LogP contribution in [0.2, 0.25) is 0 Å². The summed E-state index contributed by atoms with van der Waals surface area (Å²) in [7, 11) is 0.